The Balaban J connectivity index is 0.00000288. The fraction of sp³-hybridized carbons (Fsp3) is 0.250. The van der Waals surface area contributed by atoms with Crippen molar-refractivity contribution in [2.75, 3.05) is 18.4 Å². The third-order valence-corrected chi connectivity index (χ3v) is 4.39. The predicted octanol–water partition coefficient (Wildman–Crippen LogP) is 3.08. The van der Waals surface area contributed by atoms with Crippen molar-refractivity contribution in [3.05, 3.63) is 51.2 Å². The van der Waals surface area contributed by atoms with E-state index in [9.17, 15) is 9.59 Å². The summed E-state index contributed by atoms with van der Waals surface area (Å²) in [7, 11) is 0. The van der Waals surface area contributed by atoms with Crippen molar-refractivity contribution in [3.63, 3.8) is 0 Å². The number of anilines is 1. The van der Waals surface area contributed by atoms with Crippen LogP contribution in [0.3, 0.4) is 0 Å². The third kappa shape index (κ3) is 6.13. The number of nitrogens with two attached hydrogens (primary N) is 1. The van der Waals surface area contributed by atoms with Crippen LogP contribution in [0.2, 0.25) is 4.34 Å². The molecule has 0 aliphatic carbocycles. The number of amides is 2. The van der Waals surface area contributed by atoms with Gasteiger partial charge in [0.2, 0.25) is 5.91 Å². The maximum Gasteiger partial charge on any atom is 0.253 e. The Bertz CT molecular complexity index is 691. The van der Waals surface area contributed by atoms with Gasteiger partial charge in [-0.25, -0.2) is 0 Å². The van der Waals surface area contributed by atoms with E-state index in [-0.39, 0.29) is 24.2 Å². The molecule has 4 N–H and O–H groups in total. The van der Waals surface area contributed by atoms with Gasteiger partial charge in [-0.15, -0.1) is 23.7 Å². The molecule has 0 unspecified atom stereocenters. The first kappa shape index (κ1) is 20.4. The Kier molecular flexibility index (Phi) is 8.78. The first-order valence-electron chi connectivity index (χ1n) is 7.21. The second-order valence-electron chi connectivity index (χ2n) is 4.84. The highest BCUT2D eigenvalue weighted by molar-refractivity contribution is 7.16. The number of thiophene rings is 1. The largest absolute Gasteiger partial charge is 0.351 e. The van der Waals surface area contributed by atoms with Crippen molar-refractivity contribution in [2.45, 2.75) is 12.8 Å². The van der Waals surface area contributed by atoms with Gasteiger partial charge in [0.25, 0.3) is 5.91 Å². The number of hydrogen-bond donors (Lipinski definition) is 3. The first-order chi connectivity index (χ1) is 11.1. The molecule has 0 aliphatic rings. The monoisotopic (exact) mass is 387 g/mol. The molecule has 2 aromatic rings. The van der Waals surface area contributed by atoms with Crippen LogP contribution < -0.4 is 16.4 Å². The van der Waals surface area contributed by atoms with Gasteiger partial charge in [0.15, 0.2) is 0 Å². The second kappa shape index (κ2) is 10.3. The van der Waals surface area contributed by atoms with Gasteiger partial charge in [-0.05, 0) is 30.7 Å². The van der Waals surface area contributed by atoms with Crippen LogP contribution in [0.1, 0.15) is 21.7 Å². The minimum atomic E-state index is -0.253. The Morgan fingerprint density at radius 1 is 1.17 bits per heavy atom. The van der Waals surface area contributed by atoms with Crippen molar-refractivity contribution >= 4 is 52.8 Å². The third-order valence-electron chi connectivity index (χ3n) is 3.10. The Labute approximate surface area is 156 Å². The summed E-state index contributed by atoms with van der Waals surface area (Å²) in [5.74, 6) is -0.398. The number of para-hydroxylation sites is 1. The summed E-state index contributed by atoms with van der Waals surface area (Å²) in [4.78, 5) is 25.2. The van der Waals surface area contributed by atoms with E-state index in [0.29, 0.717) is 41.5 Å². The molecule has 130 valence electrons. The predicted molar refractivity (Wildman–Crippen MR) is 101 cm³/mol. The van der Waals surface area contributed by atoms with Crippen molar-refractivity contribution in [2.24, 2.45) is 5.73 Å². The van der Waals surface area contributed by atoms with Crippen LogP contribution in [0, 0.1) is 0 Å². The molecule has 8 heteroatoms. The average molecular weight is 388 g/mol. The van der Waals surface area contributed by atoms with E-state index in [4.69, 9.17) is 17.3 Å². The standard InChI is InChI=1S/C16H18ClN3O2S.ClH/c17-14-7-5-11(23-14)6-8-15(21)20-13-4-2-1-3-12(13)16(22)19-10-9-18;/h1-5,7H,6,8-10,18H2,(H,19,22)(H,20,21);1H. The van der Waals surface area contributed by atoms with Gasteiger partial charge < -0.3 is 16.4 Å². The number of nitrogens with one attached hydrogen (secondary N) is 2. The lowest BCUT2D eigenvalue weighted by molar-refractivity contribution is -0.116. The maximum absolute atomic E-state index is 12.1. The van der Waals surface area contributed by atoms with Crippen LogP contribution in [0.15, 0.2) is 36.4 Å². The summed E-state index contributed by atoms with van der Waals surface area (Å²) in [6, 6.07) is 10.6. The van der Waals surface area contributed by atoms with Crippen LogP contribution >= 0.6 is 35.3 Å². The topological polar surface area (TPSA) is 84.2 Å². The van der Waals surface area contributed by atoms with Gasteiger partial charge in [0.05, 0.1) is 15.6 Å². The van der Waals surface area contributed by atoms with Gasteiger partial charge >= 0.3 is 0 Å². The van der Waals surface area contributed by atoms with Crippen LogP contribution in [-0.4, -0.2) is 24.9 Å². The van der Waals surface area contributed by atoms with Crippen molar-refractivity contribution < 1.29 is 9.59 Å². The lowest BCUT2D eigenvalue weighted by Gasteiger charge is -2.11. The lowest BCUT2D eigenvalue weighted by atomic mass is 10.1. The Hall–Kier alpha value is -1.60. The molecule has 0 aliphatic heterocycles. The molecule has 0 bridgehead atoms. The second-order valence-corrected chi connectivity index (χ2v) is 6.64. The van der Waals surface area contributed by atoms with E-state index in [1.807, 2.05) is 12.1 Å². The average Bonchev–Trinajstić information content (AvgIpc) is 2.96. The van der Waals surface area contributed by atoms with Gasteiger partial charge in [0.1, 0.15) is 0 Å². The molecular weight excluding hydrogens is 369 g/mol. The van der Waals surface area contributed by atoms with Gasteiger partial charge in [-0.3, -0.25) is 9.59 Å². The van der Waals surface area contributed by atoms with E-state index in [0.717, 1.165) is 4.88 Å². The van der Waals surface area contributed by atoms with Crippen molar-refractivity contribution in [1.29, 1.82) is 0 Å². The Morgan fingerprint density at radius 2 is 1.92 bits per heavy atom. The van der Waals surface area contributed by atoms with Crippen LogP contribution in [0.4, 0.5) is 5.69 Å². The van der Waals surface area contributed by atoms with Crippen LogP contribution in [-0.2, 0) is 11.2 Å². The molecule has 1 aromatic carbocycles. The fourth-order valence-corrected chi connectivity index (χ4v) is 3.09. The molecule has 0 fully saturated rings. The van der Waals surface area contributed by atoms with Crippen molar-refractivity contribution in [1.82, 2.24) is 5.32 Å². The van der Waals surface area contributed by atoms with Gasteiger partial charge in [-0.1, -0.05) is 23.7 Å². The van der Waals surface area contributed by atoms with E-state index >= 15 is 0 Å². The number of carbonyl (C=O) groups excluding carboxylic acids is 2. The zero-order valence-electron chi connectivity index (χ0n) is 12.9. The van der Waals surface area contributed by atoms with Gasteiger partial charge in [0, 0.05) is 24.4 Å². The number of rotatable bonds is 7. The summed E-state index contributed by atoms with van der Waals surface area (Å²) in [5, 5.41) is 5.48. The minimum absolute atomic E-state index is 0. The zero-order chi connectivity index (χ0) is 16.7. The molecule has 0 spiro atoms. The number of halogens is 2. The highest BCUT2D eigenvalue weighted by Crippen LogP contribution is 2.23. The molecule has 5 nitrogen and oxygen atoms in total. The summed E-state index contributed by atoms with van der Waals surface area (Å²) in [6.45, 7) is 0.754. The quantitative estimate of drug-likeness (QED) is 0.682. The van der Waals surface area contributed by atoms with Crippen molar-refractivity contribution in [3.8, 4) is 0 Å². The fourth-order valence-electron chi connectivity index (χ4n) is 2.01. The molecule has 2 rings (SSSR count). The molecule has 2 amide bonds. The minimum Gasteiger partial charge on any atom is -0.351 e. The van der Waals surface area contributed by atoms with E-state index < -0.39 is 0 Å². The molecule has 0 saturated heterocycles. The number of hydrogen-bond acceptors (Lipinski definition) is 4. The molecule has 1 heterocycles. The number of benzene rings is 1. The van der Waals surface area contributed by atoms with E-state index in [2.05, 4.69) is 10.6 Å². The summed E-state index contributed by atoms with van der Waals surface area (Å²) >= 11 is 7.33. The van der Waals surface area contributed by atoms with Gasteiger partial charge in [-0.2, -0.15) is 0 Å². The first-order valence-corrected chi connectivity index (χ1v) is 8.41. The van der Waals surface area contributed by atoms with Crippen LogP contribution in [0.25, 0.3) is 0 Å². The molecule has 24 heavy (non-hydrogen) atoms. The highest BCUT2D eigenvalue weighted by Gasteiger charge is 2.12. The number of carbonyl (C=O) groups is 2. The van der Waals surface area contributed by atoms with E-state index in [1.54, 1.807) is 24.3 Å². The normalized spacial score (nSPS) is 9.92. The Morgan fingerprint density at radius 3 is 2.58 bits per heavy atom. The van der Waals surface area contributed by atoms with E-state index in [1.165, 1.54) is 11.3 Å². The molecule has 0 radical (unpaired) electrons. The SMILES string of the molecule is Cl.NCCNC(=O)c1ccccc1NC(=O)CCc1ccc(Cl)s1. The van der Waals surface area contributed by atoms with Crippen LogP contribution in [0.5, 0.6) is 0 Å². The zero-order valence-corrected chi connectivity index (χ0v) is 15.3. The number of aryl methyl sites for hydroxylation is 1. The smallest absolute Gasteiger partial charge is 0.253 e. The summed E-state index contributed by atoms with van der Waals surface area (Å²) in [5.41, 5.74) is 6.30. The molecule has 1 aromatic heterocycles. The maximum atomic E-state index is 12.1. The molecular formula is C16H19Cl2N3O2S. The molecule has 0 atom stereocenters. The highest BCUT2D eigenvalue weighted by atomic mass is 35.5. The summed E-state index contributed by atoms with van der Waals surface area (Å²) < 4.78 is 0.710. The lowest BCUT2D eigenvalue weighted by Crippen LogP contribution is -2.30. The molecule has 0 saturated carbocycles. The summed E-state index contributed by atoms with van der Waals surface area (Å²) in [6.07, 6.45) is 0.945.